The van der Waals surface area contributed by atoms with Gasteiger partial charge in [-0.05, 0) is 18.4 Å². The molecule has 2 aromatic heterocycles. The predicted molar refractivity (Wildman–Crippen MR) is 99.5 cm³/mol. The second-order valence-electron chi connectivity index (χ2n) is 6.93. The number of aryl methyl sites for hydroxylation is 1. The first-order valence-electron chi connectivity index (χ1n) is 9.09. The number of likely N-dealkylation sites (tertiary alicyclic amines) is 1. The number of rotatable bonds is 4. The zero-order chi connectivity index (χ0) is 18.8. The fourth-order valence-corrected chi connectivity index (χ4v) is 3.62. The van der Waals surface area contributed by atoms with Gasteiger partial charge in [-0.15, -0.1) is 0 Å². The second-order valence-corrected chi connectivity index (χ2v) is 6.93. The van der Waals surface area contributed by atoms with Crippen molar-refractivity contribution in [1.82, 2.24) is 29.4 Å². The summed E-state index contributed by atoms with van der Waals surface area (Å²) < 4.78 is 3.34. The van der Waals surface area contributed by atoms with Crippen molar-refractivity contribution in [2.75, 3.05) is 13.1 Å². The Bertz CT molecular complexity index is 979. The summed E-state index contributed by atoms with van der Waals surface area (Å²) in [5.74, 6) is 0.938. The van der Waals surface area contributed by atoms with E-state index in [2.05, 4.69) is 15.3 Å². The maximum atomic E-state index is 12.6. The van der Waals surface area contributed by atoms with E-state index in [4.69, 9.17) is 0 Å². The Morgan fingerprint density at radius 1 is 1.22 bits per heavy atom. The van der Waals surface area contributed by atoms with E-state index in [9.17, 15) is 9.59 Å². The van der Waals surface area contributed by atoms with E-state index in [0.29, 0.717) is 25.2 Å². The fraction of sp³-hybridized carbons (Fsp3) is 0.368. The standard InChI is InChI=1S/C19H22N6O2/c1-23-13-16(11-20-23)18(26)24-9-7-15(8-10-24)17-21-22-19(27)25(17)12-14-5-3-2-4-6-14/h2-6,11,13,15H,7-10,12H2,1H3,(H,22,27). The SMILES string of the molecule is Cn1cc(C(=O)N2CCC(c3n[nH]c(=O)n3Cc3ccccc3)CC2)cn1. The number of benzene rings is 1. The van der Waals surface area contributed by atoms with Crippen molar-refractivity contribution in [1.29, 1.82) is 0 Å². The fourth-order valence-electron chi connectivity index (χ4n) is 3.62. The van der Waals surface area contributed by atoms with Crippen molar-refractivity contribution in [2.24, 2.45) is 7.05 Å². The highest BCUT2D eigenvalue weighted by atomic mass is 16.2. The van der Waals surface area contributed by atoms with Crippen LogP contribution in [0.4, 0.5) is 0 Å². The molecule has 0 spiro atoms. The normalized spacial score (nSPS) is 15.2. The van der Waals surface area contributed by atoms with Crippen LogP contribution in [0.25, 0.3) is 0 Å². The monoisotopic (exact) mass is 366 g/mol. The first-order chi connectivity index (χ1) is 13.1. The summed E-state index contributed by atoms with van der Waals surface area (Å²) in [4.78, 5) is 26.6. The van der Waals surface area contributed by atoms with Gasteiger partial charge in [0.25, 0.3) is 5.91 Å². The van der Waals surface area contributed by atoms with E-state index in [0.717, 1.165) is 24.2 Å². The number of hydrogen-bond donors (Lipinski definition) is 1. The minimum absolute atomic E-state index is 0.00486. The van der Waals surface area contributed by atoms with E-state index in [-0.39, 0.29) is 17.5 Å². The summed E-state index contributed by atoms with van der Waals surface area (Å²) in [6, 6.07) is 9.87. The first-order valence-corrected chi connectivity index (χ1v) is 9.09. The number of carbonyl (C=O) groups is 1. The average molecular weight is 366 g/mol. The van der Waals surface area contributed by atoms with Gasteiger partial charge in [0, 0.05) is 32.3 Å². The zero-order valence-electron chi connectivity index (χ0n) is 15.2. The predicted octanol–water partition coefficient (Wildman–Crippen LogP) is 1.37. The summed E-state index contributed by atoms with van der Waals surface area (Å²) in [6.45, 7) is 1.79. The van der Waals surface area contributed by atoms with Crippen LogP contribution in [0.5, 0.6) is 0 Å². The van der Waals surface area contributed by atoms with Crippen molar-refractivity contribution < 1.29 is 4.79 Å². The smallest absolute Gasteiger partial charge is 0.339 e. The quantitative estimate of drug-likeness (QED) is 0.755. The van der Waals surface area contributed by atoms with Crippen LogP contribution in [-0.4, -0.2) is 48.4 Å². The minimum atomic E-state index is -0.192. The summed E-state index contributed by atoms with van der Waals surface area (Å²) in [5, 5.41) is 10.9. The summed E-state index contributed by atoms with van der Waals surface area (Å²) in [7, 11) is 1.80. The lowest BCUT2D eigenvalue weighted by Gasteiger charge is -2.31. The Labute approximate surface area is 156 Å². The van der Waals surface area contributed by atoms with Crippen LogP contribution in [0.3, 0.4) is 0 Å². The molecule has 1 N–H and O–H groups in total. The Hall–Kier alpha value is -3.16. The van der Waals surface area contributed by atoms with Gasteiger partial charge < -0.3 is 4.90 Å². The molecule has 1 amide bonds. The molecule has 1 aromatic carbocycles. The third kappa shape index (κ3) is 3.55. The third-order valence-corrected chi connectivity index (χ3v) is 5.07. The molecule has 140 valence electrons. The van der Waals surface area contributed by atoms with E-state index < -0.39 is 0 Å². The number of piperidine rings is 1. The molecule has 4 rings (SSSR count). The van der Waals surface area contributed by atoms with E-state index in [1.54, 1.807) is 28.7 Å². The molecule has 0 atom stereocenters. The molecule has 27 heavy (non-hydrogen) atoms. The Balaban J connectivity index is 1.46. The molecule has 3 aromatic rings. The number of hydrogen-bond acceptors (Lipinski definition) is 4. The number of aromatic nitrogens is 5. The Morgan fingerprint density at radius 3 is 2.63 bits per heavy atom. The molecular weight excluding hydrogens is 344 g/mol. The zero-order valence-corrected chi connectivity index (χ0v) is 15.2. The van der Waals surface area contributed by atoms with Gasteiger partial charge in [0.2, 0.25) is 0 Å². The Kier molecular flexibility index (Phi) is 4.62. The highest BCUT2D eigenvalue weighted by molar-refractivity contribution is 5.93. The first kappa shape index (κ1) is 17.3. The van der Waals surface area contributed by atoms with Crippen LogP contribution in [0.1, 0.15) is 40.5 Å². The van der Waals surface area contributed by atoms with Gasteiger partial charge in [-0.3, -0.25) is 14.0 Å². The molecule has 8 nitrogen and oxygen atoms in total. The van der Waals surface area contributed by atoms with E-state index in [1.807, 2.05) is 35.2 Å². The molecule has 1 saturated heterocycles. The second kappa shape index (κ2) is 7.22. The number of aromatic amines is 1. The van der Waals surface area contributed by atoms with Gasteiger partial charge in [0.15, 0.2) is 0 Å². The third-order valence-electron chi connectivity index (χ3n) is 5.07. The van der Waals surface area contributed by atoms with Crippen molar-refractivity contribution in [3.63, 3.8) is 0 Å². The van der Waals surface area contributed by atoms with Crippen molar-refractivity contribution in [3.8, 4) is 0 Å². The van der Waals surface area contributed by atoms with Gasteiger partial charge in [-0.2, -0.15) is 10.2 Å². The van der Waals surface area contributed by atoms with Crippen LogP contribution in [-0.2, 0) is 13.6 Å². The highest BCUT2D eigenvalue weighted by Gasteiger charge is 2.28. The molecule has 0 aliphatic carbocycles. The summed E-state index contributed by atoms with van der Waals surface area (Å²) >= 11 is 0. The van der Waals surface area contributed by atoms with Gasteiger partial charge in [-0.25, -0.2) is 9.89 Å². The van der Waals surface area contributed by atoms with Crippen molar-refractivity contribution in [2.45, 2.75) is 25.3 Å². The van der Waals surface area contributed by atoms with Gasteiger partial charge in [0.05, 0.1) is 18.3 Å². The molecule has 1 aliphatic rings. The van der Waals surface area contributed by atoms with Crippen LogP contribution in [0.15, 0.2) is 47.5 Å². The molecule has 1 aliphatic heterocycles. The maximum Gasteiger partial charge on any atom is 0.343 e. The lowest BCUT2D eigenvalue weighted by atomic mass is 9.95. The van der Waals surface area contributed by atoms with Crippen LogP contribution in [0.2, 0.25) is 0 Å². The number of carbonyl (C=O) groups excluding carboxylic acids is 1. The largest absolute Gasteiger partial charge is 0.343 e. The molecule has 0 saturated carbocycles. The molecule has 8 heteroatoms. The van der Waals surface area contributed by atoms with E-state index >= 15 is 0 Å². The topological polar surface area (TPSA) is 88.8 Å². The van der Waals surface area contributed by atoms with Crippen molar-refractivity contribution >= 4 is 5.91 Å². The van der Waals surface area contributed by atoms with E-state index in [1.165, 1.54) is 0 Å². The minimum Gasteiger partial charge on any atom is -0.339 e. The average Bonchev–Trinajstić information content (AvgIpc) is 3.29. The van der Waals surface area contributed by atoms with Crippen LogP contribution < -0.4 is 5.69 Å². The Morgan fingerprint density at radius 2 is 1.96 bits per heavy atom. The number of nitrogens with zero attached hydrogens (tertiary/aromatic N) is 5. The lowest BCUT2D eigenvalue weighted by molar-refractivity contribution is 0.0710. The number of amides is 1. The van der Waals surface area contributed by atoms with Crippen LogP contribution >= 0.6 is 0 Å². The molecular formula is C19H22N6O2. The number of H-pyrrole nitrogens is 1. The molecule has 0 bridgehead atoms. The number of nitrogens with one attached hydrogen (secondary N) is 1. The molecule has 1 fully saturated rings. The molecule has 0 unspecified atom stereocenters. The summed E-state index contributed by atoms with van der Waals surface area (Å²) in [6.07, 6.45) is 4.90. The molecule has 3 heterocycles. The van der Waals surface area contributed by atoms with Crippen molar-refractivity contribution in [3.05, 3.63) is 70.2 Å². The lowest BCUT2D eigenvalue weighted by Crippen LogP contribution is -2.38. The van der Waals surface area contributed by atoms with Gasteiger partial charge in [-0.1, -0.05) is 30.3 Å². The highest BCUT2D eigenvalue weighted by Crippen LogP contribution is 2.27. The van der Waals surface area contributed by atoms with Gasteiger partial charge in [0.1, 0.15) is 5.82 Å². The van der Waals surface area contributed by atoms with Crippen LogP contribution in [0, 0.1) is 0 Å². The van der Waals surface area contributed by atoms with Gasteiger partial charge >= 0.3 is 5.69 Å². The maximum absolute atomic E-state index is 12.6. The molecule has 0 radical (unpaired) electrons. The summed E-state index contributed by atoms with van der Waals surface area (Å²) in [5.41, 5.74) is 1.48.